The van der Waals surface area contributed by atoms with Gasteiger partial charge in [-0.2, -0.15) is 0 Å². The average molecular weight is 290 g/mol. The van der Waals surface area contributed by atoms with Crippen molar-refractivity contribution in [3.8, 4) is 0 Å². The van der Waals surface area contributed by atoms with Gasteiger partial charge in [0.25, 0.3) is 0 Å². The number of hydrogen-bond donors (Lipinski definition) is 2. The predicted octanol–water partition coefficient (Wildman–Crippen LogP) is -0.0524. The molecule has 0 saturated carbocycles. The van der Waals surface area contributed by atoms with Crippen LogP contribution in [0.2, 0.25) is 25.7 Å². The molecule has 0 aromatic rings. The van der Waals surface area contributed by atoms with E-state index in [4.69, 9.17) is 14.6 Å². The Morgan fingerprint density at radius 1 is 1.37 bits per heavy atom. The molecule has 6 nitrogen and oxygen atoms in total. The van der Waals surface area contributed by atoms with Crippen LogP contribution < -0.4 is 0 Å². The Morgan fingerprint density at radius 3 is 2.53 bits per heavy atom. The maximum Gasteiger partial charge on any atom is 0.344 e. The zero-order chi connectivity index (χ0) is 14.6. The second-order valence-corrected chi connectivity index (χ2v) is 11.5. The highest BCUT2D eigenvalue weighted by Gasteiger charge is 2.47. The minimum absolute atomic E-state index is 0.317. The standard InChI is InChI=1S/C12H22O6Si/c1-19(2,3)6-4-5-17-11-9(15)10(8(14)7-13)18-12(11)16/h8,10-11,13-14H,4-7H2,1-3H3. The van der Waals surface area contributed by atoms with Gasteiger partial charge in [0.05, 0.1) is 6.61 Å². The Bertz CT molecular complexity index is 338. The molecule has 19 heavy (non-hydrogen) atoms. The van der Waals surface area contributed by atoms with Crippen LogP contribution in [0.25, 0.3) is 0 Å². The quantitative estimate of drug-likeness (QED) is 0.295. The number of aliphatic hydroxyl groups excluding tert-OH is 2. The lowest BCUT2D eigenvalue weighted by molar-refractivity contribution is -0.153. The minimum Gasteiger partial charge on any atom is -0.449 e. The third-order valence-electron chi connectivity index (χ3n) is 2.89. The van der Waals surface area contributed by atoms with Gasteiger partial charge in [0.2, 0.25) is 11.9 Å². The molecule has 7 heteroatoms. The van der Waals surface area contributed by atoms with Gasteiger partial charge in [-0.25, -0.2) is 4.79 Å². The van der Waals surface area contributed by atoms with Gasteiger partial charge in [0.15, 0.2) is 6.10 Å². The third-order valence-corrected chi connectivity index (χ3v) is 4.74. The van der Waals surface area contributed by atoms with E-state index in [1.165, 1.54) is 0 Å². The van der Waals surface area contributed by atoms with E-state index in [0.717, 1.165) is 12.5 Å². The fourth-order valence-electron chi connectivity index (χ4n) is 1.83. The summed E-state index contributed by atoms with van der Waals surface area (Å²) < 4.78 is 9.98. The number of cyclic esters (lactones) is 1. The lowest BCUT2D eigenvalue weighted by Gasteiger charge is -2.15. The van der Waals surface area contributed by atoms with Gasteiger partial charge in [-0.15, -0.1) is 0 Å². The highest BCUT2D eigenvalue weighted by molar-refractivity contribution is 6.76. The fraction of sp³-hybridized carbons (Fsp3) is 0.833. The summed E-state index contributed by atoms with van der Waals surface area (Å²) in [6.45, 7) is 6.38. The molecule has 1 aliphatic heterocycles. The summed E-state index contributed by atoms with van der Waals surface area (Å²) in [5, 5.41) is 18.1. The molecule has 0 spiro atoms. The molecule has 0 bridgehead atoms. The van der Waals surface area contributed by atoms with Gasteiger partial charge in [-0.3, -0.25) is 4.79 Å². The summed E-state index contributed by atoms with van der Waals surface area (Å²) in [6.07, 6.45) is -3.15. The summed E-state index contributed by atoms with van der Waals surface area (Å²) in [5.74, 6) is -1.39. The smallest absolute Gasteiger partial charge is 0.344 e. The molecule has 0 aromatic carbocycles. The summed E-state index contributed by atoms with van der Waals surface area (Å²) >= 11 is 0. The number of aliphatic hydroxyl groups is 2. The normalized spacial score (nSPS) is 25.5. The topological polar surface area (TPSA) is 93.1 Å². The molecule has 110 valence electrons. The highest BCUT2D eigenvalue weighted by Crippen LogP contribution is 2.18. The first-order chi connectivity index (χ1) is 8.76. The van der Waals surface area contributed by atoms with Crippen molar-refractivity contribution in [2.45, 2.75) is 50.4 Å². The van der Waals surface area contributed by atoms with E-state index in [-0.39, 0.29) is 0 Å². The second-order valence-electron chi connectivity index (χ2n) is 5.92. The summed E-state index contributed by atoms with van der Waals surface area (Å²) in [6, 6.07) is 1.05. The van der Waals surface area contributed by atoms with E-state index in [2.05, 4.69) is 19.6 Å². The van der Waals surface area contributed by atoms with Gasteiger partial charge >= 0.3 is 5.97 Å². The number of carbonyl (C=O) groups excluding carboxylic acids is 2. The molecule has 2 N–H and O–H groups in total. The van der Waals surface area contributed by atoms with Crippen molar-refractivity contribution in [3.63, 3.8) is 0 Å². The molecule has 0 aliphatic carbocycles. The first-order valence-corrected chi connectivity index (χ1v) is 10.1. The first kappa shape index (κ1) is 16.3. The Morgan fingerprint density at radius 2 is 2.00 bits per heavy atom. The molecule has 3 unspecified atom stereocenters. The van der Waals surface area contributed by atoms with Crippen molar-refractivity contribution in [1.82, 2.24) is 0 Å². The van der Waals surface area contributed by atoms with Crippen LogP contribution in [-0.2, 0) is 19.1 Å². The molecule has 1 aliphatic rings. The van der Waals surface area contributed by atoms with Crippen LogP contribution >= 0.6 is 0 Å². The average Bonchev–Trinajstić information content (AvgIpc) is 2.59. The predicted molar refractivity (Wildman–Crippen MR) is 70.5 cm³/mol. The third kappa shape index (κ3) is 4.68. The van der Waals surface area contributed by atoms with Crippen molar-refractivity contribution in [2.75, 3.05) is 13.2 Å². The van der Waals surface area contributed by atoms with Crippen molar-refractivity contribution in [1.29, 1.82) is 0 Å². The molecule has 0 amide bonds. The van der Waals surface area contributed by atoms with Crippen molar-refractivity contribution < 1.29 is 29.3 Å². The van der Waals surface area contributed by atoms with Crippen LogP contribution in [0.3, 0.4) is 0 Å². The SMILES string of the molecule is C[Si](C)(C)CCCOC1C(=O)OC(C(O)CO)C1=O. The van der Waals surface area contributed by atoms with Gasteiger partial charge in [-0.1, -0.05) is 25.7 Å². The Labute approximate surface area is 113 Å². The van der Waals surface area contributed by atoms with E-state index in [1.807, 2.05) is 0 Å². The maximum absolute atomic E-state index is 11.8. The van der Waals surface area contributed by atoms with E-state index in [9.17, 15) is 14.7 Å². The second kappa shape index (κ2) is 6.60. The van der Waals surface area contributed by atoms with Gasteiger partial charge < -0.3 is 19.7 Å². The monoisotopic (exact) mass is 290 g/mol. The molecule has 3 atom stereocenters. The van der Waals surface area contributed by atoms with E-state index in [1.54, 1.807) is 0 Å². The van der Waals surface area contributed by atoms with Crippen LogP contribution in [0.4, 0.5) is 0 Å². The van der Waals surface area contributed by atoms with Crippen LogP contribution in [0.5, 0.6) is 0 Å². The van der Waals surface area contributed by atoms with Crippen LogP contribution in [0.15, 0.2) is 0 Å². The lowest BCUT2D eigenvalue weighted by atomic mass is 10.1. The zero-order valence-corrected chi connectivity index (χ0v) is 12.6. The number of hydrogen-bond acceptors (Lipinski definition) is 6. The number of esters is 1. The van der Waals surface area contributed by atoms with Crippen LogP contribution in [-0.4, -0.2) is 61.6 Å². The van der Waals surface area contributed by atoms with Crippen LogP contribution in [0, 0.1) is 0 Å². The Balaban J connectivity index is 2.42. The van der Waals surface area contributed by atoms with Crippen molar-refractivity contribution in [2.24, 2.45) is 0 Å². The van der Waals surface area contributed by atoms with E-state index in [0.29, 0.717) is 6.61 Å². The molecular formula is C12H22O6Si. The highest BCUT2D eigenvalue weighted by atomic mass is 28.3. The number of ketones is 1. The van der Waals surface area contributed by atoms with Crippen molar-refractivity contribution >= 4 is 19.8 Å². The minimum atomic E-state index is -1.38. The Kier molecular flexibility index (Phi) is 5.66. The molecule has 1 saturated heterocycles. The molecule has 1 heterocycles. The summed E-state index contributed by atoms with van der Waals surface area (Å²) in [4.78, 5) is 23.2. The van der Waals surface area contributed by atoms with Gasteiger partial charge in [0, 0.05) is 14.7 Å². The number of Topliss-reactive ketones (excluding diaryl/α,β-unsaturated/α-hetero) is 1. The molecule has 1 fully saturated rings. The lowest BCUT2D eigenvalue weighted by Crippen LogP contribution is -2.37. The zero-order valence-electron chi connectivity index (χ0n) is 11.6. The summed E-state index contributed by atoms with van der Waals surface area (Å²) in [7, 11) is -1.16. The largest absolute Gasteiger partial charge is 0.449 e. The fourth-order valence-corrected chi connectivity index (χ4v) is 3.03. The van der Waals surface area contributed by atoms with Crippen molar-refractivity contribution in [3.05, 3.63) is 0 Å². The molecule has 0 aromatic heterocycles. The summed E-state index contributed by atoms with van der Waals surface area (Å²) in [5.41, 5.74) is 0. The van der Waals surface area contributed by atoms with E-state index >= 15 is 0 Å². The Hall–Kier alpha value is -0.763. The number of rotatable bonds is 7. The maximum atomic E-state index is 11.8. The van der Waals surface area contributed by atoms with Gasteiger partial charge in [-0.05, 0) is 6.42 Å². The van der Waals surface area contributed by atoms with Crippen LogP contribution in [0.1, 0.15) is 6.42 Å². The van der Waals surface area contributed by atoms with Gasteiger partial charge in [0.1, 0.15) is 6.10 Å². The molecule has 0 radical (unpaired) electrons. The number of ether oxygens (including phenoxy) is 2. The molecular weight excluding hydrogens is 268 g/mol. The number of carbonyl (C=O) groups is 2. The first-order valence-electron chi connectivity index (χ1n) is 6.41. The van der Waals surface area contributed by atoms with E-state index < -0.39 is 44.7 Å². The molecule has 1 rings (SSSR count).